The van der Waals surface area contributed by atoms with E-state index >= 15 is 0 Å². The molecule has 1 N–H and O–H groups in total. The van der Waals surface area contributed by atoms with Crippen molar-refractivity contribution in [3.8, 4) is 11.5 Å². The lowest BCUT2D eigenvalue weighted by Crippen LogP contribution is -2.48. The Balaban J connectivity index is 0.00000220. The Kier molecular flexibility index (Phi) is 7.32. The zero-order valence-corrected chi connectivity index (χ0v) is 13.3. The predicted octanol–water partition coefficient (Wildman–Crippen LogP) is 1.71. The summed E-state index contributed by atoms with van der Waals surface area (Å²) in [6, 6.07) is 7.74. The molecule has 1 aromatic carbocycles. The summed E-state index contributed by atoms with van der Waals surface area (Å²) >= 11 is 0. The highest BCUT2D eigenvalue weighted by Gasteiger charge is 2.22. The van der Waals surface area contributed by atoms with Crippen molar-refractivity contribution in [3.05, 3.63) is 24.3 Å². The number of halogens is 1. The van der Waals surface area contributed by atoms with Crippen LogP contribution >= 0.6 is 12.4 Å². The molecule has 0 bridgehead atoms. The first kappa shape index (κ1) is 17.6. The molecule has 1 fully saturated rings. The van der Waals surface area contributed by atoms with Crippen LogP contribution in [0.5, 0.6) is 11.5 Å². The summed E-state index contributed by atoms with van der Waals surface area (Å²) in [5, 5.41) is 3.23. The van der Waals surface area contributed by atoms with Crippen molar-refractivity contribution in [1.82, 2.24) is 10.2 Å². The van der Waals surface area contributed by atoms with Crippen molar-refractivity contribution in [2.75, 3.05) is 33.9 Å². The third-order valence-corrected chi connectivity index (χ3v) is 3.60. The van der Waals surface area contributed by atoms with E-state index in [4.69, 9.17) is 9.47 Å². The standard InChI is InChI=1S/C15H22N2O3.ClH/c1-16-12-6-5-9-17(10-12)15(18)11-20-14-8-4-3-7-13(14)19-2;/h3-4,7-8,12,16H,5-6,9-11H2,1-2H3;1H. The van der Waals surface area contributed by atoms with Crippen LogP contribution in [-0.4, -0.2) is 50.7 Å². The fourth-order valence-corrected chi connectivity index (χ4v) is 2.41. The van der Waals surface area contributed by atoms with Crippen LogP contribution in [-0.2, 0) is 4.79 Å². The third kappa shape index (κ3) is 4.79. The molecule has 1 aliphatic heterocycles. The highest BCUT2D eigenvalue weighted by molar-refractivity contribution is 5.85. The first-order valence-electron chi connectivity index (χ1n) is 6.95. The Morgan fingerprint density at radius 2 is 2.10 bits per heavy atom. The van der Waals surface area contributed by atoms with E-state index in [-0.39, 0.29) is 24.9 Å². The first-order valence-corrected chi connectivity index (χ1v) is 6.95. The van der Waals surface area contributed by atoms with Crippen LogP contribution in [0.3, 0.4) is 0 Å². The van der Waals surface area contributed by atoms with Crippen molar-refractivity contribution in [3.63, 3.8) is 0 Å². The number of rotatable bonds is 5. The van der Waals surface area contributed by atoms with Crippen LogP contribution in [0, 0.1) is 0 Å². The Labute approximate surface area is 132 Å². The molecule has 0 spiro atoms. The maximum absolute atomic E-state index is 12.2. The molecular weight excluding hydrogens is 292 g/mol. The molecule has 118 valence electrons. The van der Waals surface area contributed by atoms with Gasteiger partial charge in [0.15, 0.2) is 18.1 Å². The molecule has 1 heterocycles. The number of hydrogen-bond donors (Lipinski definition) is 1. The van der Waals surface area contributed by atoms with Crippen molar-refractivity contribution in [1.29, 1.82) is 0 Å². The molecule has 21 heavy (non-hydrogen) atoms. The number of nitrogens with zero attached hydrogens (tertiary/aromatic N) is 1. The van der Waals surface area contributed by atoms with Gasteiger partial charge in [-0.3, -0.25) is 4.79 Å². The minimum absolute atomic E-state index is 0. The van der Waals surface area contributed by atoms with Crippen molar-refractivity contribution >= 4 is 18.3 Å². The maximum atomic E-state index is 12.2. The Morgan fingerprint density at radius 1 is 1.38 bits per heavy atom. The van der Waals surface area contributed by atoms with Gasteiger partial charge in [0, 0.05) is 19.1 Å². The van der Waals surface area contributed by atoms with Crippen LogP contribution in [0.25, 0.3) is 0 Å². The summed E-state index contributed by atoms with van der Waals surface area (Å²) in [5.74, 6) is 1.27. The molecule has 1 aromatic rings. The van der Waals surface area contributed by atoms with E-state index in [2.05, 4.69) is 5.32 Å². The second kappa shape index (κ2) is 8.74. The molecule has 1 aliphatic rings. The van der Waals surface area contributed by atoms with E-state index in [1.54, 1.807) is 13.2 Å². The molecular formula is C15H23ClN2O3. The largest absolute Gasteiger partial charge is 0.493 e. The number of carbonyl (C=O) groups is 1. The van der Waals surface area contributed by atoms with Crippen molar-refractivity contribution in [2.45, 2.75) is 18.9 Å². The summed E-state index contributed by atoms with van der Waals surface area (Å²) in [4.78, 5) is 14.0. The number of nitrogens with one attached hydrogen (secondary N) is 1. The van der Waals surface area contributed by atoms with E-state index in [1.807, 2.05) is 30.1 Å². The van der Waals surface area contributed by atoms with Gasteiger partial charge in [0.25, 0.3) is 5.91 Å². The number of piperidine rings is 1. The third-order valence-electron chi connectivity index (χ3n) is 3.60. The van der Waals surface area contributed by atoms with Crippen LogP contribution in [0.1, 0.15) is 12.8 Å². The lowest BCUT2D eigenvalue weighted by molar-refractivity contribution is -0.134. The van der Waals surface area contributed by atoms with Gasteiger partial charge in [-0.2, -0.15) is 0 Å². The van der Waals surface area contributed by atoms with Crippen LogP contribution in [0.15, 0.2) is 24.3 Å². The monoisotopic (exact) mass is 314 g/mol. The van der Waals surface area contributed by atoms with Gasteiger partial charge in [-0.15, -0.1) is 12.4 Å². The smallest absolute Gasteiger partial charge is 0.260 e. The SMILES string of the molecule is CNC1CCCN(C(=O)COc2ccccc2OC)C1.Cl. The van der Waals surface area contributed by atoms with Crippen LogP contribution < -0.4 is 14.8 Å². The fourth-order valence-electron chi connectivity index (χ4n) is 2.41. The number of ether oxygens (including phenoxy) is 2. The molecule has 0 saturated carbocycles. The van der Waals surface area contributed by atoms with E-state index in [1.165, 1.54) is 0 Å². The van der Waals surface area contributed by atoms with E-state index in [9.17, 15) is 4.79 Å². The minimum atomic E-state index is 0. The van der Waals surface area contributed by atoms with E-state index < -0.39 is 0 Å². The van der Waals surface area contributed by atoms with Gasteiger partial charge in [-0.05, 0) is 32.0 Å². The fraction of sp³-hybridized carbons (Fsp3) is 0.533. The molecule has 1 atom stereocenters. The topological polar surface area (TPSA) is 50.8 Å². The zero-order valence-electron chi connectivity index (χ0n) is 12.5. The van der Waals surface area contributed by atoms with Crippen molar-refractivity contribution in [2.24, 2.45) is 0 Å². The van der Waals surface area contributed by atoms with Gasteiger partial charge in [0.05, 0.1) is 7.11 Å². The average molecular weight is 315 g/mol. The van der Waals surface area contributed by atoms with E-state index in [0.29, 0.717) is 17.5 Å². The van der Waals surface area contributed by atoms with Crippen LogP contribution in [0.2, 0.25) is 0 Å². The van der Waals surface area contributed by atoms with Gasteiger partial charge in [-0.1, -0.05) is 12.1 Å². The first-order chi connectivity index (χ1) is 9.74. The highest BCUT2D eigenvalue weighted by atomic mass is 35.5. The molecule has 6 heteroatoms. The number of amides is 1. The quantitative estimate of drug-likeness (QED) is 0.899. The molecule has 2 rings (SSSR count). The summed E-state index contributed by atoms with van der Waals surface area (Å²) in [7, 11) is 3.52. The molecule has 0 aromatic heterocycles. The Bertz CT molecular complexity index is 456. The summed E-state index contributed by atoms with van der Waals surface area (Å²) in [6.45, 7) is 1.62. The number of likely N-dealkylation sites (N-methyl/N-ethyl adjacent to an activating group) is 1. The molecule has 1 amide bonds. The number of hydrogen-bond acceptors (Lipinski definition) is 4. The Morgan fingerprint density at radius 3 is 2.76 bits per heavy atom. The zero-order chi connectivity index (χ0) is 14.4. The van der Waals surface area contributed by atoms with Gasteiger partial charge in [0.2, 0.25) is 0 Å². The van der Waals surface area contributed by atoms with Gasteiger partial charge >= 0.3 is 0 Å². The molecule has 1 unspecified atom stereocenters. The van der Waals surface area contributed by atoms with Gasteiger partial charge < -0.3 is 19.7 Å². The second-order valence-electron chi connectivity index (χ2n) is 4.91. The molecule has 0 aliphatic carbocycles. The molecule has 0 radical (unpaired) electrons. The normalized spacial score (nSPS) is 17.8. The van der Waals surface area contributed by atoms with Gasteiger partial charge in [0.1, 0.15) is 0 Å². The number of likely N-dealkylation sites (tertiary alicyclic amines) is 1. The van der Waals surface area contributed by atoms with Gasteiger partial charge in [-0.25, -0.2) is 0 Å². The summed E-state index contributed by atoms with van der Waals surface area (Å²) in [6.07, 6.45) is 2.15. The highest BCUT2D eigenvalue weighted by Crippen LogP contribution is 2.25. The van der Waals surface area contributed by atoms with Crippen molar-refractivity contribution < 1.29 is 14.3 Å². The lowest BCUT2D eigenvalue weighted by atomic mass is 10.1. The lowest BCUT2D eigenvalue weighted by Gasteiger charge is -2.32. The number of para-hydroxylation sites is 2. The van der Waals surface area contributed by atoms with E-state index in [0.717, 1.165) is 25.9 Å². The number of benzene rings is 1. The molecule has 5 nitrogen and oxygen atoms in total. The predicted molar refractivity (Wildman–Crippen MR) is 84.4 cm³/mol. The average Bonchev–Trinajstić information content (AvgIpc) is 2.52. The number of carbonyl (C=O) groups excluding carboxylic acids is 1. The summed E-state index contributed by atoms with van der Waals surface area (Å²) < 4.78 is 10.8. The van der Waals surface area contributed by atoms with Crippen LogP contribution in [0.4, 0.5) is 0 Å². The number of methoxy groups -OCH3 is 1. The maximum Gasteiger partial charge on any atom is 0.260 e. The minimum Gasteiger partial charge on any atom is -0.493 e. The Hall–Kier alpha value is -1.46. The molecule has 1 saturated heterocycles. The summed E-state index contributed by atoms with van der Waals surface area (Å²) in [5.41, 5.74) is 0. The second-order valence-corrected chi connectivity index (χ2v) is 4.91.